The van der Waals surface area contributed by atoms with E-state index in [9.17, 15) is 9.59 Å². The van der Waals surface area contributed by atoms with Crippen LogP contribution in [0.15, 0.2) is 67.9 Å². The highest BCUT2D eigenvalue weighted by atomic mass is 79.9. The van der Waals surface area contributed by atoms with Gasteiger partial charge >= 0.3 is 0 Å². The molecule has 0 spiro atoms. The Morgan fingerprint density at radius 1 is 1.12 bits per heavy atom. The maximum Gasteiger partial charge on any atom is 0.263 e. The molecule has 5 rings (SSSR count). The normalized spacial score (nSPS) is 19.7. The lowest BCUT2D eigenvalue weighted by atomic mass is 10.1. The van der Waals surface area contributed by atoms with Gasteiger partial charge in [-0.05, 0) is 43.3 Å². The van der Waals surface area contributed by atoms with Gasteiger partial charge in [-0.1, -0.05) is 38.4 Å². The predicted molar refractivity (Wildman–Crippen MR) is 116 cm³/mol. The summed E-state index contributed by atoms with van der Waals surface area (Å²) in [7, 11) is 0. The molecule has 10 nitrogen and oxygen atoms in total. The number of imide groups is 1. The number of nitrogens with zero attached hydrogens (tertiary/aromatic N) is 6. The number of hydrogen-bond acceptors (Lipinski definition) is 9. The molecule has 2 atom stereocenters. The van der Waals surface area contributed by atoms with Crippen LogP contribution in [-0.2, 0) is 16.1 Å². The van der Waals surface area contributed by atoms with Crippen LogP contribution in [0.3, 0.4) is 0 Å². The summed E-state index contributed by atoms with van der Waals surface area (Å²) in [5.74, 6) is 0.518. The summed E-state index contributed by atoms with van der Waals surface area (Å²) in [6.07, 6.45) is 0. The Balaban J connectivity index is 1.34. The minimum Gasteiger partial charge on any atom is -0.494 e. The molecule has 1 saturated heterocycles. The van der Waals surface area contributed by atoms with Crippen molar-refractivity contribution in [1.29, 1.82) is 0 Å². The van der Waals surface area contributed by atoms with Crippen molar-refractivity contribution in [3.8, 4) is 17.1 Å². The van der Waals surface area contributed by atoms with Crippen molar-refractivity contribution in [1.82, 2.24) is 15.1 Å². The van der Waals surface area contributed by atoms with Gasteiger partial charge in [0.15, 0.2) is 12.1 Å². The largest absolute Gasteiger partial charge is 0.494 e. The number of halogens is 1. The number of aromatic nitrogens is 2. The van der Waals surface area contributed by atoms with Crippen LogP contribution in [0.5, 0.6) is 5.75 Å². The van der Waals surface area contributed by atoms with E-state index in [2.05, 4.69) is 36.4 Å². The zero-order chi connectivity index (χ0) is 22.2. The van der Waals surface area contributed by atoms with E-state index in [-0.39, 0.29) is 12.4 Å². The lowest BCUT2D eigenvalue weighted by Gasteiger charge is -2.19. The third-order valence-electron chi connectivity index (χ3n) is 5.11. The molecule has 0 radical (unpaired) electrons. The highest BCUT2D eigenvalue weighted by molar-refractivity contribution is 9.10. The van der Waals surface area contributed by atoms with Crippen molar-refractivity contribution in [2.24, 2.45) is 10.3 Å². The number of anilines is 1. The van der Waals surface area contributed by atoms with Crippen LogP contribution in [0.25, 0.3) is 11.4 Å². The topological polar surface area (TPSA) is 113 Å². The lowest BCUT2D eigenvalue weighted by Crippen LogP contribution is -2.39. The molecule has 0 unspecified atom stereocenters. The Hall–Kier alpha value is -3.60. The van der Waals surface area contributed by atoms with Crippen LogP contribution < -0.4 is 9.64 Å². The predicted octanol–water partition coefficient (Wildman–Crippen LogP) is 3.39. The summed E-state index contributed by atoms with van der Waals surface area (Å²) >= 11 is 3.41. The minimum absolute atomic E-state index is 0.0573. The quantitative estimate of drug-likeness (QED) is 0.480. The zero-order valence-corrected chi connectivity index (χ0v) is 18.5. The standard InChI is InChI=1S/C21H17BrN6O4/c1-2-31-15-8-6-14(7-9-15)28-20(29)17-18(21(28)30)27(26-24-17)11-16-23-19(25-32-16)12-4-3-5-13(22)10-12/h3-10,17-18H,2,11H2,1H3/t17-,18-/m1/s1. The molecule has 3 heterocycles. The van der Waals surface area contributed by atoms with E-state index in [0.717, 1.165) is 14.9 Å². The van der Waals surface area contributed by atoms with Gasteiger partial charge in [-0.25, -0.2) is 4.90 Å². The van der Waals surface area contributed by atoms with Gasteiger partial charge in [0.2, 0.25) is 11.7 Å². The van der Waals surface area contributed by atoms with Crippen LogP contribution in [0, 0.1) is 0 Å². The van der Waals surface area contributed by atoms with E-state index in [1.54, 1.807) is 24.3 Å². The van der Waals surface area contributed by atoms with Crippen LogP contribution in [0.1, 0.15) is 12.8 Å². The second-order valence-electron chi connectivity index (χ2n) is 7.15. The molecule has 1 aromatic heterocycles. The van der Waals surface area contributed by atoms with Crippen molar-refractivity contribution in [2.75, 3.05) is 11.5 Å². The van der Waals surface area contributed by atoms with Crippen molar-refractivity contribution in [3.05, 3.63) is 58.9 Å². The minimum atomic E-state index is -0.901. The number of carbonyl (C=O) groups is 2. The zero-order valence-electron chi connectivity index (χ0n) is 16.9. The van der Waals surface area contributed by atoms with Gasteiger partial charge in [0.1, 0.15) is 12.3 Å². The third kappa shape index (κ3) is 3.54. The number of fused-ring (bicyclic) bond motifs is 1. The van der Waals surface area contributed by atoms with Crippen molar-refractivity contribution in [3.63, 3.8) is 0 Å². The summed E-state index contributed by atoms with van der Waals surface area (Å²) in [4.78, 5) is 31.5. The molecule has 0 N–H and O–H groups in total. The number of benzene rings is 2. The molecule has 2 aromatic carbocycles. The molecule has 2 aliphatic heterocycles. The SMILES string of the molecule is CCOc1ccc(N2C(=O)[C@@H]3N=NN(Cc4nc(-c5cccc(Br)c5)no4)[C@H]3C2=O)cc1. The van der Waals surface area contributed by atoms with Gasteiger partial charge in [0, 0.05) is 10.0 Å². The number of ether oxygens (including phenoxy) is 1. The molecule has 1 fully saturated rings. The van der Waals surface area contributed by atoms with Gasteiger partial charge in [-0.2, -0.15) is 10.1 Å². The molecule has 0 aliphatic carbocycles. The van der Waals surface area contributed by atoms with Gasteiger partial charge in [-0.15, -0.1) is 0 Å². The van der Waals surface area contributed by atoms with Crippen LogP contribution in [0.4, 0.5) is 5.69 Å². The molecule has 162 valence electrons. The highest BCUT2D eigenvalue weighted by Gasteiger charge is 2.55. The molecule has 11 heteroatoms. The van der Waals surface area contributed by atoms with Gasteiger partial charge < -0.3 is 9.26 Å². The van der Waals surface area contributed by atoms with Gasteiger partial charge in [0.05, 0.1) is 12.3 Å². The molecular formula is C21H17BrN6O4. The second kappa shape index (κ2) is 8.15. The first-order chi connectivity index (χ1) is 15.5. The fourth-order valence-electron chi connectivity index (χ4n) is 3.67. The fraction of sp³-hybridized carbons (Fsp3) is 0.238. The number of hydrogen-bond donors (Lipinski definition) is 0. The monoisotopic (exact) mass is 496 g/mol. The first-order valence-corrected chi connectivity index (χ1v) is 10.7. The Kier molecular flexibility index (Phi) is 5.17. The molecule has 0 bridgehead atoms. The van der Waals surface area contributed by atoms with E-state index in [1.807, 2.05) is 31.2 Å². The van der Waals surface area contributed by atoms with Gasteiger partial charge in [-0.3, -0.25) is 14.6 Å². The summed E-state index contributed by atoms with van der Waals surface area (Å²) in [5.41, 5.74) is 1.24. The first-order valence-electron chi connectivity index (χ1n) is 9.92. The highest BCUT2D eigenvalue weighted by Crippen LogP contribution is 2.33. The van der Waals surface area contributed by atoms with E-state index in [1.165, 1.54) is 5.01 Å². The van der Waals surface area contributed by atoms with Crippen LogP contribution >= 0.6 is 15.9 Å². The van der Waals surface area contributed by atoms with E-state index in [0.29, 0.717) is 23.9 Å². The maximum absolute atomic E-state index is 13.1. The Labute approximate surface area is 191 Å². The van der Waals surface area contributed by atoms with Crippen molar-refractivity contribution >= 4 is 33.4 Å². The average Bonchev–Trinajstić information content (AvgIpc) is 3.48. The summed E-state index contributed by atoms with van der Waals surface area (Å²) in [6.45, 7) is 2.47. The third-order valence-corrected chi connectivity index (χ3v) is 5.61. The molecule has 3 aromatic rings. The summed E-state index contributed by atoms with van der Waals surface area (Å²) < 4.78 is 11.6. The van der Waals surface area contributed by atoms with Crippen LogP contribution in [0.2, 0.25) is 0 Å². The molecule has 2 amide bonds. The van der Waals surface area contributed by atoms with Crippen molar-refractivity contribution < 1.29 is 18.8 Å². The Bertz CT molecular complexity index is 1210. The van der Waals surface area contributed by atoms with E-state index < -0.39 is 23.9 Å². The van der Waals surface area contributed by atoms with Crippen LogP contribution in [-0.4, -0.2) is 45.7 Å². The molecule has 0 saturated carbocycles. The van der Waals surface area contributed by atoms with Crippen molar-refractivity contribution in [2.45, 2.75) is 25.6 Å². The second-order valence-corrected chi connectivity index (χ2v) is 8.07. The molecular weight excluding hydrogens is 480 g/mol. The molecule has 32 heavy (non-hydrogen) atoms. The smallest absolute Gasteiger partial charge is 0.263 e. The van der Waals surface area contributed by atoms with Gasteiger partial charge in [0.25, 0.3) is 11.8 Å². The van der Waals surface area contributed by atoms with E-state index >= 15 is 0 Å². The number of rotatable bonds is 6. The lowest BCUT2D eigenvalue weighted by molar-refractivity contribution is -0.123. The Morgan fingerprint density at radius 3 is 2.69 bits per heavy atom. The van der Waals surface area contributed by atoms with E-state index in [4.69, 9.17) is 9.26 Å². The summed E-state index contributed by atoms with van der Waals surface area (Å²) in [5, 5.41) is 13.4. The molecule has 2 aliphatic rings. The number of carbonyl (C=O) groups excluding carboxylic acids is 2. The first kappa shape index (κ1) is 20.3. The maximum atomic E-state index is 13.1. The summed E-state index contributed by atoms with van der Waals surface area (Å²) in [6, 6.07) is 12.5. The average molecular weight is 497 g/mol. The number of amides is 2. The fourth-order valence-corrected chi connectivity index (χ4v) is 4.07. The Morgan fingerprint density at radius 2 is 1.94 bits per heavy atom.